The van der Waals surface area contributed by atoms with Gasteiger partial charge in [-0.05, 0) is 38.0 Å². The number of nitrogens with one attached hydrogen (secondary N) is 1. The normalized spacial score (nSPS) is 20.2. The summed E-state index contributed by atoms with van der Waals surface area (Å²) in [5, 5.41) is 15.0. The molecule has 0 aliphatic carbocycles. The summed E-state index contributed by atoms with van der Waals surface area (Å²) >= 11 is 0. The molecule has 1 saturated heterocycles. The third-order valence-electron chi connectivity index (χ3n) is 5.90. The molecule has 9 nitrogen and oxygen atoms in total. The van der Waals surface area contributed by atoms with Gasteiger partial charge in [0.2, 0.25) is 5.95 Å². The fraction of sp³-hybridized carbons (Fsp3) is 0.304. The average molecular weight is 434 g/mol. The van der Waals surface area contributed by atoms with Crippen LogP contribution in [-0.2, 0) is 14.3 Å². The molecule has 3 aromatic rings. The number of imidazole rings is 1. The van der Waals surface area contributed by atoms with Crippen molar-refractivity contribution >= 4 is 28.6 Å². The predicted molar refractivity (Wildman–Crippen MR) is 117 cm³/mol. The zero-order valence-electron chi connectivity index (χ0n) is 17.5. The van der Waals surface area contributed by atoms with Crippen LogP contribution in [0.3, 0.4) is 0 Å². The second-order valence-electron chi connectivity index (χ2n) is 7.91. The Kier molecular flexibility index (Phi) is 5.10. The van der Waals surface area contributed by atoms with Gasteiger partial charge < -0.3 is 14.8 Å². The van der Waals surface area contributed by atoms with Crippen LogP contribution in [0.4, 0.5) is 11.6 Å². The number of hydrogen-bond acceptors (Lipinski definition) is 7. The Bertz CT molecular complexity index is 1240. The monoisotopic (exact) mass is 434 g/mol. The largest absolute Gasteiger partial charge is 0.459 e. The summed E-state index contributed by atoms with van der Waals surface area (Å²) < 4.78 is 13.0. The number of ether oxygens (including phenoxy) is 2. The lowest BCUT2D eigenvalue weighted by Gasteiger charge is -2.30. The number of aromatic nitrogens is 2. The Morgan fingerprint density at radius 3 is 2.84 bits per heavy atom. The summed E-state index contributed by atoms with van der Waals surface area (Å²) in [6.07, 6.45) is 1.66. The summed E-state index contributed by atoms with van der Waals surface area (Å²) in [4.78, 5) is 29.4. The molecule has 2 aliphatic rings. The summed E-state index contributed by atoms with van der Waals surface area (Å²) in [6.45, 7) is 2.57. The Morgan fingerprint density at radius 1 is 1.28 bits per heavy atom. The van der Waals surface area contributed by atoms with E-state index in [4.69, 9.17) is 9.47 Å². The number of carbonyl (C=O) groups is 1. The van der Waals surface area contributed by atoms with E-state index >= 15 is 0 Å². The fourth-order valence-corrected chi connectivity index (χ4v) is 4.43. The van der Waals surface area contributed by atoms with E-state index in [1.54, 1.807) is 25.1 Å². The molecular weight excluding hydrogens is 412 g/mol. The molecule has 1 aromatic heterocycles. The molecule has 2 unspecified atom stereocenters. The first kappa shape index (κ1) is 20.2. The highest BCUT2D eigenvalue weighted by atomic mass is 16.6. The van der Waals surface area contributed by atoms with Gasteiger partial charge in [0, 0.05) is 18.4 Å². The number of hydrogen-bond donors (Lipinski definition) is 1. The second-order valence-corrected chi connectivity index (χ2v) is 7.91. The Labute approximate surface area is 183 Å². The molecule has 164 valence electrons. The summed E-state index contributed by atoms with van der Waals surface area (Å²) in [7, 11) is 0. The number of fused-ring (bicyclic) bond motifs is 3. The highest BCUT2D eigenvalue weighted by Crippen LogP contribution is 2.42. The molecule has 3 heterocycles. The highest BCUT2D eigenvalue weighted by molar-refractivity contribution is 5.94. The van der Waals surface area contributed by atoms with Crippen molar-refractivity contribution in [3.63, 3.8) is 0 Å². The van der Waals surface area contributed by atoms with Crippen molar-refractivity contribution in [2.24, 2.45) is 0 Å². The van der Waals surface area contributed by atoms with Crippen LogP contribution in [0.5, 0.6) is 0 Å². The van der Waals surface area contributed by atoms with Gasteiger partial charge in [-0.25, -0.2) is 9.78 Å². The maximum Gasteiger partial charge on any atom is 0.338 e. The molecular formula is C23H22N4O5. The van der Waals surface area contributed by atoms with E-state index in [0.29, 0.717) is 29.4 Å². The molecule has 2 atom stereocenters. The van der Waals surface area contributed by atoms with Crippen LogP contribution < -0.4 is 5.32 Å². The van der Waals surface area contributed by atoms with Crippen molar-refractivity contribution in [2.45, 2.75) is 31.9 Å². The molecule has 0 spiro atoms. The minimum absolute atomic E-state index is 0.0691. The number of nitrogens with zero attached hydrogens (tertiary/aromatic N) is 3. The lowest BCUT2D eigenvalue weighted by molar-refractivity contribution is -0.385. The standard InChI is InChI=1S/C23H22N4O5/c1-14-20(22(28)32-13-15-7-6-12-31-15)21(16-8-2-4-10-18(16)27(29)30)26-19-11-5-3-9-17(19)25-23(26)24-14/h2-5,8-11,15,21H,6-7,12-13H2,1H3,(H,24,25). The molecule has 5 rings (SSSR count). The van der Waals surface area contributed by atoms with Gasteiger partial charge in [-0.1, -0.05) is 24.3 Å². The van der Waals surface area contributed by atoms with Crippen molar-refractivity contribution in [3.8, 4) is 0 Å². The molecule has 0 radical (unpaired) electrons. The maximum atomic E-state index is 13.3. The maximum absolute atomic E-state index is 13.3. The third kappa shape index (κ3) is 3.40. The van der Waals surface area contributed by atoms with E-state index in [1.165, 1.54) is 6.07 Å². The van der Waals surface area contributed by atoms with Crippen molar-refractivity contribution in [3.05, 3.63) is 75.5 Å². The highest BCUT2D eigenvalue weighted by Gasteiger charge is 2.38. The van der Waals surface area contributed by atoms with Crippen molar-refractivity contribution in [2.75, 3.05) is 18.5 Å². The topological polar surface area (TPSA) is 109 Å². The molecule has 0 bridgehead atoms. The molecule has 2 aromatic carbocycles. The molecule has 0 amide bonds. The number of para-hydroxylation sites is 3. The van der Waals surface area contributed by atoms with E-state index in [-0.39, 0.29) is 18.4 Å². The summed E-state index contributed by atoms with van der Waals surface area (Å²) in [6, 6.07) is 13.2. The number of anilines is 1. The van der Waals surface area contributed by atoms with Crippen LogP contribution in [0.1, 0.15) is 31.4 Å². The number of nitro benzene ring substituents is 1. The molecule has 2 aliphatic heterocycles. The molecule has 32 heavy (non-hydrogen) atoms. The van der Waals surface area contributed by atoms with E-state index in [9.17, 15) is 14.9 Å². The van der Waals surface area contributed by atoms with Gasteiger partial charge >= 0.3 is 5.97 Å². The van der Waals surface area contributed by atoms with Gasteiger partial charge in [0.25, 0.3) is 5.69 Å². The number of allylic oxidation sites excluding steroid dienone is 1. The number of benzene rings is 2. The first-order valence-corrected chi connectivity index (χ1v) is 10.5. The summed E-state index contributed by atoms with van der Waals surface area (Å²) in [5.74, 6) is -0.0143. The molecule has 1 N–H and O–H groups in total. The third-order valence-corrected chi connectivity index (χ3v) is 5.90. The Balaban J connectivity index is 1.64. The molecule has 9 heteroatoms. The van der Waals surface area contributed by atoms with Crippen LogP contribution in [0, 0.1) is 10.1 Å². The molecule has 0 saturated carbocycles. The van der Waals surface area contributed by atoms with E-state index in [1.807, 2.05) is 28.8 Å². The van der Waals surface area contributed by atoms with Gasteiger partial charge in [0.1, 0.15) is 12.6 Å². The minimum atomic E-state index is -0.766. The van der Waals surface area contributed by atoms with Crippen molar-refractivity contribution < 1.29 is 19.2 Å². The lowest BCUT2D eigenvalue weighted by Crippen LogP contribution is -2.30. The van der Waals surface area contributed by atoms with Gasteiger partial charge in [0.05, 0.1) is 33.2 Å². The van der Waals surface area contributed by atoms with Crippen molar-refractivity contribution in [1.82, 2.24) is 9.55 Å². The number of nitro groups is 1. The van der Waals surface area contributed by atoms with E-state index < -0.39 is 16.9 Å². The Morgan fingerprint density at radius 2 is 2.06 bits per heavy atom. The van der Waals surface area contributed by atoms with E-state index in [2.05, 4.69) is 10.3 Å². The van der Waals surface area contributed by atoms with Gasteiger partial charge in [0.15, 0.2) is 0 Å². The van der Waals surface area contributed by atoms with Crippen LogP contribution >= 0.6 is 0 Å². The fourth-order valence-electron chi connectivity index (χ4n) is 4.43. The number of carbonyl (C=O) groups excluding carboxylic acids is 1. The van der Waals surface area contributed by atoms with Crippen molar-refractivity contribution in [1.29, 1.82) is 0 Å². The predicted octanol–water partition coefficient (Wildman–Crippen LogP) is 3.96. The first-order valence-electron chi connectivity index (χ1n) is 10.5. The first-order chi connectivity index (χ1) is 15.5. The van der Waals surface area contributed by atoms with Gasteiger partial charge in [-0.15, -0.1) is 0 Å². The second kappa shape index (κ2) is 8.08. The van der Waals surface area contributed by atoms with Gasteiger partial charge in [-0.3, -0.25) is 14.7 Å². The Hall–Kier alpha value is -3.72. The quantitative estimate of drug-likeness (QED) is 0.368. The smallest absolute Gasteiger partial charge is 0.338 e. The SMILES string of the molecule is CC1=C(C(=O)OCC2CCCO2)C(c2ccccc2[N+](=O)[O-])n2c(nc3ccccc32)N1. The minimum Gasteiger partial charge on any atom is -0.459 e. The molecule has 1 fully saturated rings. The average Bonchev–Trinajstić information content (AvgIpc) is 3.44. The number of rotatable bonds is 5. The van der Waals surface area contributed by atoms with E-state index in [0.717, 1.165) is 23.9 Å². The lowest BCUT2D eigenvalue weighted by atomic mass is 9.93. The van der Waals surface area contributed by atoms with Crippen LogP contribution in [0.25, 0.3) is 11.0 Å². The zero-order chi connectivity index (χ0) is 22.2. The van der Waals surface area contributed by atoms with Crippen LogP contribution in [0.15, 0.2) is 59.8 Å². The zero-order valence-corrected chi connectivity index (χ0v) is 17.5. The summed E-state index contributed by atoms with van der Waals surface area (Å²) in [5.41, 5.74) is 2.67. The van der Waals surface area contributed by atoms with Crippen LogP contribution in [0.2, 0.25) is 0 Å². The van der Waals surface area contributed by atoms with Gasteiger partial charge in [-0.2, -0.15) is 0 Å². The van der Waals surface area contributed by atoms with Crippen LogP contribution in [-0.4, -0.2) is 39.8 Å². The number of esters is 1.